The van der Waals surface area contributed by atoms with Gasteiger partial charge in [-0.2, -0.15) is 0 Å². The molecule has 2 aliphatic heterocycles. The number of rotatable bonds is 6. The number of hydrogen-bond donors (Lipinski definition) is 1. The van der Waals surface area contributed by atoms with Gasteiger partial charge in [0.1, 0.15) is 5.52 Å². The number of hydrogen-bond acceptors (Lipinski definition) is 6. The molecule has 9 heteroatoms. The largest absolute Gasteiger partial charge is 0.336 e. The average molecular weight is 608 g/mol. The summed E-state index contributed by atoms with van der Waals surface area (Å²) in [5.41, 5.74) is 5.81. The SMILES string of the molecule is CC(C)n1cnc2cc(-c3ccc4c(c3)N(C3CC(N5CC(C)(C)C5)C3)C(=O)C43CCCCC3)nc(Nc3ccncc3F)c21. The molecule has 1 N–H and O–H groups in total. The number of carbonyl (C=O) groups is 1. The van der Waals surface area contributed by atoms with Gasteiger partial charge in [-0.15, -0.1) is 0 Å². The number of imidazole rings is 1. The summed E-state index contributed by atoms with van der Waals surface area (Å²) in [5.74, 6) is 0.394. The molecule has 3 aromatic heterocycles. The summed E-state index contributed by atoms with van der Waals surface area (Å²) in [6.07, 6.45) is 11.9. The Kier molecular flexibility index (Phi) is 6.57. The molecule has 5 heterocycles. The Morgan fingerprint density at radius 3 is 2.51 bits per heavy atom. The van der Waals surface area contributed by atoms with Gasteiger partial charge < -0.3 is 14.8 Å². The number of fused-ring (bicyclic) bond motifs is 3. The summed E-state index contributed by atoms with van der Waals surface area (Å²) >= 11 is 0. The van der Waals surface area contributed by atoms with Crippen molar-refractivity contribution in [1.82, 2.24) is 24.4 Å². The molecule has 8 nitrogen and oxygen atoms in total. The minimum absolute atomic E-state index is 0.144. The maximum atomic E-state index is 14.7. The van der Waals surface area contributed by atoms with Crippen LogP contribution in [-0.4, -0.2) is 55.5 Å². The van der Waals surface area contributed by atoms with E-state index in [1.165, 1.54) is 18.2 Å². The molecule has 2 aliphatic carbocycles. The number of benzene rings is 1. The zero-order chi connectivity index (χ0) is 31.1. The molecule has 1 amide bonds. The molecule has 0 atom stereocenters. The van der Waals surface area contributed by atoms with Crippen LogP contribution in [0.3, 0.4) is 0 Å². The van der Waals surface area contributed by atoms with Crippen molar-refractivity contribution in [2.24, 2.45) is 5.41 Å². The molecule has 0 unspecified atom stereocenters. The van der Waals surface area contributed by atoms with E-state index in [1.807, 2.05) is 12.4 Å². The second-order valence-electron chi connectivity index (χ2n) is 14.8. The molecule has 1 saturated heterocycles. The fourth-order valence-corrected chi connectivity index (χ4v) is 8.42. The van der Waals surface area contributed by atoms with Crippen LogP contribution in [0.15, 0.2) is 49.1 Å². The molecule has 0 radical (unpaired) electrons. The summed E-state index contributed by atoms with van der Waals surface area (Å²) in [6.45, 7) is 11.1. The first-order valence-corrected chi connectivity index (χ1v) is 16.6. The van der Waals surface area contributed by atoms with Crippen LogP contribution in [0, 0.1) is 11.2 Å². The Labute approximate surface area is 264 Å². The van der Waals surface area contributed by atoms with E-state index < -0.39 is 11.2 Å². The number of carbonyl (C=O) groups excluding carboxylic acids is 1. The number of nitrogens with one attached hydrogen (secondary N) is 1. The van der Waals surface area contributed by atoms with Gasteiger partial charge in [-0.05, 0) is 68.7 Å². The number of halogens is 1. The maximum absolute atomic E-state index is 14.7. The summed E-state index contributed by atoms with van der Waals surface area (Å²) in [5, 5.41) is 3.23. The normalized spacial score (nSPS) is 23.8. The number of nitrogens with zero attached hydrogens (tertiary/aromatic N) is 6. The molecule has 234 valence electrons. The fourth-order valence-electron chi connectivity index (χ4n) is 8.42. The predicted octanol–water partition coefficient (Wildman–Crippen LogP) is 7.38. The van der Waals surface area contributed by atoms with Gasteiger partial charge in [0.25, 0.3) is 0 Å². The topological polar surface area (TPSA) is 79.2 Å². The lowest BCUT2D eigenvalue weighted by Gasteiger charge is -2.55. The second-order valence-corrected chi connectivity index (χ2v) is 14.8. The number of aromatic nitrogens is 4. The lowest BCUT2D eigenvalue weighted by atomic mass is 9.70. The highest BCUT2D eigenvalue weighted by molar-refractivity contribution is 6.09. The van der Waals surface area contributed by atoms with E-state index in [9.17, 15) is 9.18 Å². The van der Waals surface area contributed by atoms with E-state index in [2.05, 4.69) is 70.6 Å². The lowest BCUT2D eigenvalue weighted by Crippen LogP contribution is -2.64. The predicted molar refractivity (Wildman–Crippen MR) is 175 cm³/mol. The molecule has 45 heavy (non-hydrogen) atoms. The summed E-state index contributed by atoms with van der Waals surface area (Å²) in [7, 11) is 0. The van der Waals surface area contributed by atoms with Crippen LogP contribution in [0.5, 0.6) is 0 Å². The molecular weight excluding hydrogens is 565 g/mol. The third-order valence-corrected chi connectivity index (χ3v) is 10.8. The van der Waals surface area contributed by atoms with Crippen molar-refractivity contribution < 1.29 is 9.18 Å². The van der Waals surface area contributed by atoms with Crippen molar-refractivity contribution in [3.63, 3.8) is 0 Å². The molecule has 3 fully saturated rings. The molecule has 4 aliphatic rings. The Morgan fingerprint density at radius 2 is 1.80 bits per heavy atom. The molecule has 1 spiro atoms. The first kappa shape index (κ1) is 28.6. The number of amides is 1. The van der Waals surface area contributed by atoms with Crippen LogP contribution < -0.4 is 10.2 Å². The van der Waals surface area contributed by atoms with Crippen molar-refractivity contribution in [2.45, 2.75) is 96.2 Å². The summed E-state index contributed by atoms with van der Waals surface area (Å²) in [6, 6.07) is 11.0. The Balaban J connectivity index is 1.19. The Bertz CT molecular complexity index is 1790. The highest BCUT2D eigenvalue weighted by atomic mass is 19.1. The Morgan fingerprint density at radius 1 is 1.02 bits per heavy atom. The van der Waals surface area contributed by atoms with Gasteiger partial charge in [0.05, 0.1) is 34.8 Å². The van der Waals surface area contributed by atoms with Gasteiger partial charge in [0.2, 0.25) is 5.91 Å². The minimum Gasteiger partial charge on any atom is -0.336 e. The van der Waals surface area contributed by atoms with E-state index >= 15 is 0 Å². The van der Waals surface area contributed by atoms with Crippen LogP contribution in [0.2, 0.25) is 0 Å². The zero-order valence-electron chi connectivity index (χ0n) is 26.7. The lowest BCUT2D eigenvalue weighted by molar-refractivity contribution is -0.125. The first-order chi connectivity index (χ1) is 21.6. The molecule has 2 saturated carbocycles. The average Bonchev–Trinajstić information content (AvgIpc) is 3.51. The molecule has 8 rings (SSSR count). The minimum atomic E-state index is -0.446. The van der Waals surface area contributed by atoms with Gasteiger partial charge in [-0.25, -0.2) is 14.4 Å². The monoisotopic (exact) mass is 607 g/mol. The quantitative estimate of drug-likeness (QED) is 0.246. The highest BCUT2D eigenvalue weighted by Crippen LogP contribution is 2.54. The van der Waals surface area contributed by atoms with Crippen molar-refractivity contribution >= 4 is 34.1 Å². The zero-order valence-corrected chi connectivity index (χ0v) is 26.7. The highest BCUT2D eigenvalue weighted by Gasteiger charge is 2.55. The van der Waals surface area contributed by atoms with E-state index in [1.54, 1.807) is 12.3 Å². The van der Waals surface area contributed by atoms with Gasteiger partial charge >= 0.3 is 0 Å². The fraction of sp³-hybridized carbons (Fsp3) is 0.500. The Hall–Kier alpha value is -3.85. The van der Waals surface area contributed by atoms with E-state index in [-0.39, 0.29) is 12.1 Å². The van der Waals surface area contributed by atoms with Crippen LogP contribution in [-0.2, 0) is 10.2 Å². The smallest absolute Gasteiger partial charge is 0.237 e. The number of likely N-dealkylation sites (tertiary alicyclic amines) is 1. The van der Waals surface area contributed by atoms with E-state index in [0.717, 1.165) is 79.6 Å². The van der Waals surface area contributed by atoms with Crippen molar-refractivity contribution in [3.05, 3.63) is 60.4 Å². The van der Waals surface area contributed by atoms with Crippen LogP contribution in [0.4, 0.5) is 21.6 Å². The van der Waals surface area contributed by atoms with Gasteiger partial charge in [-0.3, -0.25) is 14.7 Å². The molecule has 0 bridgehead atoms. The van der Waals surface area contributed by atoms with E-state index in [0.29, 0.717) is 28.9 Å². The second kappa shape index (κ2) is 10.3. The van der Waals surface area contributed by atoms with E-state index in [4.69, 9.17) is 9.97 Å². The molecule has 1 aromatic carbocycles. The number of pyridine rings is 2. The third-order valence-electron chi connectivity index (χ3n) is 10.8. The number of anilines is 3. The van der Waals surface area contributed by atoms with Crippen LogP contribution in [0.25, 0.3) is 22.3 Å². The van der Waals surface area contributed by atoms with Crippen molar-refractivity contribution in [3.8, 4) is 11.3 Å². The summed E-state index contributed by atoms with van der Waals surface area (Å²) in [4.78, 5) is 32.9. The van der Waals surface area contributed by atoms with Gasteiger partial charge in [0, 0.05) is 48.7 Å². The van der Waals surface area contributed by atoms with Gasteiger partial charge in [0.15, 0.2) is 11.6 Å². The van der Waals surface area contributed by atoms with Crippen LogP contribution >= 0.6 is 0 Å². The standard InChI is InChI=1S/C36H42FN7O/c1-22(2)43-21-39-30-17-29(41-33(32(30)43)40-28-10-13-38-18-27(28)37)23-8-9-26-31(14-23)44(34(45)36(26)11-6-5-7-12-36)25-15-24(16-25)42-19-35(3,4)20-42/h8-10,13-14,17-18,21-22,24-25H,5-7,11-12,15-16,19-20H2,1-4H3,(H,38,40,41). The van der Waals surface area contributed by atoms with Gasteiger partial charge in [-0.1, -0.05) is 45.2 Å². The first-order valence-electron chi connectivity index (χ1n) is 16.6. The molecule has 4 aromatic rings. The van der Waals surface area contributed by atoms with Crippen LogP contribution in [0.1, 0.15) is 84.2 Å². The van der Waals surface area contributed by atoms with Crippen molar-refractivity contribution in [2.75, 3.05) is 23.3 Å². The van der Waals surface area contributed by atoms with Crippen molar-refractivity contribution in [1.29, 1.82) is 0 Å². The maximum Gasteiger partial charge on any atom is 0.237 e. The third kappa shape index (κ3) is 4.56. The summed E-state index contributed by atoms with van der Waals surface area (Å²) < 4.78 is 16.8. The molecular formula is C36H42FN7O.